The predicted octanol–water partition coefficient (Wildman–Crippen LogP) is 6.57. The lowest BCUT2D eigenvalue weighted by molar-refractivity contribution is -0.0697. The molecule has 4 saturated carbocycles. The molecule has 4 aliphatic rings. The van der Waals surface area contributed by atoms with E-state index in [2.05, 4.69) is 36.5 Å². The van der Waals surface area contributed by atoms with Crippen LogP contribution >= 0.6 is 23.2 Å². The Bertz CT molecular complexity index is 918. The van der Waals surface area contributed by atoms with Gasteiger partial charge in [-0.3, -0.25) is 4.79 Å². The molecule has 0 unspecified atom stereocenters. The van der Waals surface area contributed by atoms with E-state index in [1.54, 1.807) is 18.2 Å². The van der Waals surface area contributed by atoms with Gasteiger partial charge in [0.25, 0.3) is 5.91 Å². The number of carbonyl (C=O) groups is 1. The van der Waals surface area contributed by atoms with Crippen molar-refractivity contribution < 1.29 is 4.79 Å². The molecule has 6 rings (SSSR count). The summed E-state index contributed by atoms with van der Waals surface area (Å²) in [5.74, 6) is 1.50. The summed E-state index contributed by atoms with van der Waals surface area (Å²) in [7, 11) is 0. The Kier molecular flexibility index (Phi) is 4.71. The van der Waals surface area contributed by atoms with Crippen LogP contribution in [0.4, 0.5) is 0 Å². The topological polar surface area (TPSA) is 29.1 Å². The molecule has 0 aliphatic heterocycles. The molecule has 29 heavy (non-hydrogen) atoms. The summed E-state index contributed by atoms with van der Waals surface area (Å²) in [6, 6.07) is 14.2. The Labute approximate surface area is 183 Å². The highest BCUT2D eigenvalue weighted by Gasteiger charge is 2.58. The number of amides is 1. The zero-order chi connectivity index (χ0) is 20.2. The molecule has 0 aromatic heterocycles. The van der Waals surface area contributed by atoms with Crippen LogP contribution in [0.2, 0.25) is 10.0 Å². The van der Waals surface area contributed by atoms with E-state index in [1.165, 1.54) is 49.7 Å². The van der Waals surface area contributed by atoms with E-state index in [4.69, 9.17) is 23.2 Å². The molecule has 4 bridgehead atoms. The molecule has 4 heteroatoms. The van der Waals surface area contributed by atoms with Crippen LogP contribution in [-0.2, 0) is 5.41 Å². The minimum atomic E-state index is -0.0745. The lowest BCUT2D eigenvalue weighted by atomic mass is 9.43. The molecular weight excluding hydrogens is 401 g/mol. The summed E-state index contributed by atoms with van der Waals surface area (Å²) in [6.45, 7) is 2.90. The van der Waals surface area contributed by atoms with E-state index in [-0.39, 0.29) is 11.3 Å². The normalized spacial score (nSPS) is 32.4. The smallest absolute Gasteiger partial charge is 0.251 e. The summed E-state index contributed by atoms with van der Waals surface area (Å²) < 4.78 is 0. The summed E-state index contributed by atoms with van der Waals surface area (Å²) in [4.78, 5) is 12.8. The van der Waals surface area contributed by atoms with Gasteiger partial charge in [-0.2, -0.15) is 0 Å². The molecule has 1 N–H and O–H groups in total. The lowest BCUT2D eigenvalue weighted by Crippen LogP contribution is -2.57. The van der Waals surface area contributed by atoms with Crippen molar-refractivity contribution in [2.24, 2.45) is 17.3 Å². The molecule has 152 valence electrons. The van der Waals surface area contributed by atoms with Gasteiger partial charge in [-0.1, -0.05) is 53.0 Å². The van der Waals surface area contributed by atoms with Crippen molar-refractivity contribution in [1.82, 2.24) is 5.32 Å². The van der Waals surface area contributed by atoms with E-state index in [0.717, 1.165) is 18.4 Å². The van der Waals surface area contributed by atoms with Gasteiger partial charge in [0.1, 0.15) is 0 Å². The van der Waals surface area contributed by atoms with Crippen LogP contribution in [0.15, 0.2) is 42.5 Å². The highest BCUT2D eigenvalue weighted by Crippen LogP contribution is 2.65. The SMILES string of the molecule is Cc1ccc(C23C[C@@H]4C[C@H](CC(CNC(=O)c5cc(Cl)cc(Cl)c5)(C4)C2)C3)cc1. The first-order valence-corrected chi connectivity index (χ1v) is 11.4. The first-order chi connectivity index (χ1) is 13.8. The van der Waals surface area contributed by atoms with Crippen LogP contribution < -0.4 is 5.32 Å². The van der Waals surface area contributed by atoms with Gasteiger partial charge in [-0.15, -0.1) is 0 Å². The number of halogens is 2. The second kappa shape index (κ2) is 7.03. The Morgan fingerprint density at radius 3 is 2.24 bits per heavy atom. The summed E-state index contributed by atoms with van der Waals surface area (Å²) in [6.07, 6.45) is 7.67. The molecule has 2 nitrogen and oxygen atoms in total. The van der Waals surface area contributed by atoms with Crippen molar-refractivity contribution >= 4 is 29.1 Å². The highest BCUT2D eigenvalue weighted by atomic mass is 35.5. The van der Waals surface area contributed by atoms with Crippen LogP contribution in [0.1, 0.15) is 60.0 Å². The quantitative estimate of drug-likeness (QED) is 0.586. The standard InChI is InChI=1S/C25H27Cl2NO/c1-16-2-4-20(5-3-16)25-12-17-6-18(13-25)11-24(10-17,14-25)15-28-23(29)19-7-21(26)9-22(27)8-19/h2-5,7-9,17-18H,6,10-15H2,1H3,(H,28,29)/t17-,18-,24?,25?/m1/s1. The van der Waals surface area contributed by atoms with Crippen molar-refractivity contribution in [2.75, 3.05) is 6.54 Å². The van der Waals surface area contributed by atoms with Crippen molar-refractivity contribution in [2.45, 2.75) is 50.9 Å². The van der Waals surface area contributed by atoms with Crippen LogP contribution in [0.5, 0.6) is 0 Å². The number of hydrogen-bond donors (Lipinski definition) is 1. The molecule has 0 radical (unpaired) electrons. The molecule has 2 atom stereocenters. The average molecular weight is 428 g/mol. The van der Waals surface area contributed by atoms with Gasteiger partial charge in [-0.25, -0.2) is 0 Å². The Balaban J connectivity index is 1.37. The second-order valence-electron chi connectivity index (χ2n) is 9.95. The molecule has 0 spiro atoms. The monoisotopic (exact) mass is 427 g/mol. The average Bonchev–Trinajstić information content (AvgIpc) is 2.65. The maximum Gasteiger partial charge on any atom is 0.251 e. The third kappa shape index (κ3) is 3.59. The van der Waals surface area contributed by atoms with Crippen LogP contribution in [0.3, 0.4) is 0 Å². The zero-order valence-corrected chi connectivity index (χ0v) is 18.3. The number of nitrogens with one attached hydrogen (secondary N) is 1. The van der Waals surface area contributed by atoms with Gasteiger partial charge >= 0.3 is 0 Å². The number of aryl methyl sites for hydroxylation is 1. The van der Waals surface area contributed by atoms with Gasteiger partial charge in [-0.05, 0) is 91.9 Å². The molecule has 2 aromatic rings. The fourth-order valence-corrected chi connectivity index (χ4v) is 7.48. The fourth-order valence-electron chi connectivity index (χ4n) is 6.96. The minimum Gasteiger partial charge on any atom is -0.351 e. The van der Waals surface area contributed by atoms with Gasteiger partial charge in [0.05, 0.1) is 0 Å². The third-order valence-corrected chi connectivity index (χ3v) is 8.03. The Morgan fingerprint density at radius 1 is 1.00 bits per heavy atom. The van der Waals surface area contributed by atoms with Gasteiger partial charge in [0.2, 0.25) is 0 Å². The molecule has 1 amide bonds. The molecule has 0 heterocycles. The van der Waals surface area contributed by atoms with E-state index >= 15 is 0 Å². The third-order valence-electron chi connectivity index (χ3n) is 7.59. The second-order valence-corrected chi connectivity index (χ2v) is 10.8. The number of carbonyl (C=O) groups excluding carboxylic acids is 1. The van der Waals surface area contributed by atoms with Gasteiger partial charge in [0, 0.05) is 22.2 Å². The molecule has 4 aliphatic carbocycles. The van der Waals surface area contributed by atoms with Gasteiger partial charge < -0.3 is 5.32 Å². The molecule has 4 fully saturated rings. The van der Waals surface area contributed by atoms with Crippen LogP contribution in [-0.4, -0.2) is 12.5 Å². The Hall–Kier alpha value is -1.51. The summed E-state index contributed by atoms with van der Waals surface area (Å²) in [5.41, 5.74) is 3.88. The number of rotatable bonds is 4. The van der Waals surface area contributed by atoms with Crippen molar-refractivity contribution in [3.05, 3.63) is 69.2 Å². The minimum absolute atomic E-state index is 0.0745. The summed E-state index contributed by atoms with van der Waals surface area (Å²) in [5, 5.41) is 4.22. The van der Waals surface area contributed by atoms with E-state index in [9.17, 15) is 4.79 Å². The Morgan fingerprint density at radius 2 is 1.62 bits per heavy atom. The van der Waals surface area contributed by atoms with E-state index in [1.807, 2.05) is 0 Å². The largest absolute Gasteiger partial charge is 0.351 e. The van der Waals surface area contributed by atoms with Crippen LogP contribution in [0.25, 0.3) is 0 Å². The number of hydrogen-bond acceptors (Lipinski definition) is 1. The lowest BCUT2D eigenvalue weighted by Gasteiger charge is -2.62. The first-order valence-electron chi connectivity index (χ1n) is 10.7. The first kappa shape index (κ1) is 19.5. The maximum absolute atomic E-state index is 12.8. The number of benzene rings is 2. The van der Waals surface area contributed by atoms with Crippen LogP contribution in [0, 0.1) is 24.2 Å². The van der Waals surface area contributed by atoms with Gasteiger partial charge in [0.15, 0.2) is 0 Å². The van der Waals surface area contributed by atoms with E-state index in [0.29, 0.717) is 21.0 Å². The maximum atomic E-state index is 12.8. The molecular formula is C25H27Cl2NO. The molecule has 2 aromatic carbocycles. The summed E-state index contributed by atoms with van der Waals surface area (Å²) >= 11 is 12.2. The predicted molar refractivity (Wildman–Crippen MR) is 119 cm³/mol. The van der Waals surface area contributed by atoms with E-state index < -0.39 is 0 Å². The van der Waals surface area contributed by atoms with Crippen molar-refractivity contribution in [3.8, 4) is 0 Å². The van der Waals surface area contributed by atoms with Crippen molar-refractivity contribution in [1.29, 1.82) is 0 Å². The fraction of sp³-hybridized carbons (Fsp3) is 0.480. The molecule has 0 saturated heterocycles. The van der Waals surface area contributed by atoms with Crippen molar-refractivity contribution in [3.63, 3.8) is 0 Å². The zero-order valence-electron chi connectivity index (χ0n) is 16.8. The highest BCUT2D eigenvalue weighted by molar-refractivity contribution is 6.35.